The van der Waals surface area contributed by atoms with Crippen molar-refractivity contribution in [3.05, 3.63) is 35.7 Å². The minimum absolute atomic E-state index is 0.285. The van der Waals surface area contributed by atoms with Crippen LogP contribution in [0.5, 0.6) is 0 Å². The van der Waals surface area contributed by atoms with E-state index in [-0.39, 0.29) is 5.82 Å². The van der Waals surface area contributed by atoms with Crippen LogP contribution in [0.25, 0.3) is 6.08 Å². The Morgan fingerprint density at radius 2 is 2.15 bits per heavy atom. The molecule has 0 amide bonds. The molecular weight excluding hydrogens is 257 g/mol. The van der Waals surface area contributed by atoms with Gasteiger partial charge >= 0.3 is 5.97 Å². The quantitative estimate of drug-likeness (QED) is 0.856. The summed E-state index contributed by atoms with van der Waals surface area (Å²) >= 11 is 0. The van der Waals surface area contributed by atoms with E-state index in [2.05, 4.69) is 6.92 Å². The molecule has 0 atom stereocenters. The molecule has 1 heterocycles. The van der Waals surface area contributed by atoms with Gasteiger partial charge in [-0.25, -0.2) is 9.18 Å². The van der Waals surface area contributed by atoms with Gasteiger partial charge in [0.1, 0.15) is 5.82 Å². The number of halogens is 1. The number of hydrogen-bond acceptors (Lipinski definition) is 2. The van der Waals surface area contributed by atoms with E-state index in [9.17, 15) is 9.18 Å². The van der Waals surface area contributed by atoms with E-state index in [0.29, 0.717) is 11.3 Å². The summed E-state index contributed by atoms with van der Waals surface area (Å²) in [7, 11) is 0. The highest BCUT2D eigenvalue weighted by molar-refractivity contribution is 5.87. The topological polar surface area (TPSA) is 40.5 Å². The maximum Gasteiger partial charge on any atom is 0.328 e. The van der Waals surface area contributed by atoms with Crippen molar-refractivity contribution in [2.24, 2.45) is 5.92 Å². The Kier molecular flexibility index (Phi) is 4.77. The monoisotopic (exact) mass is 277 g/mol. The minimum Gasteiger partial charge on any atom is -0.478 e. The molecule has 1 aliphatic heterocycles. The number of rotatable bonds is 4. The number of nitrogens with zero attached hydrogens (tertiary/aromatic N) is 1. The Morgan fingerprint density at radius 3 is 2.75 bits per heavy atom. The molecule has 0 saturated carbocycles. The smallest absolute Gasteiger partial charge is 0.328 e. The van der Waals surface area contributed by atoms with Crippen LogP contribution in [0.15, 0.2) is 24.3 Å². The SMILES string of the molecule is CCC1CCN(c2c(F)cccc2/C=C/C(=O)O)CC1. The number of carboxylic acids is 1. The Hall–Kier alpha value is -1.84. The summed E-state index contributed by atoms with van der Waals surface area (Å²) in [4.78, 5) is 12.7. The van der Waals surface area contributed by atoms with Gasteiger partial charge in [0.2, 0.25) is 0 Å². The van der Waals surface area contributed by atoms with E-state index in [1.54, 1.807) is 12.1 Å². The van der Waals surface area contributed by atoms with E-state index in [1.807, 2.05) is 4.90 Å². The molecule has 1 saturated heterocycles. The zero-order valence-corrected chi connectivity index (χ0v) is 11.7. The number of aliphatic carboxylic acids is 1. The third-order valence-electron chi connectivity index (χ3n) is 3.93. The second-order valence-electron chi connectivity index (χ2n) is 5.19. The normalized spacial score (nSPS) is 16.8. The molecule has 0 aliphatic carbocycles. The van der Waals surface area contributed by atoms with Crippen LogP contribution in [-0.4, -0.2) is 24.2 Å². The van der Waals surface area contributed by atoms with Crippen molar-refractivity contribution in [2.75, 3.05) is 18.0 Å². The molecule has 2 rings (SSSR count). The van der Waals surface area contributed by atoms with E-state index < -0.39 is 5.97 Å². The largest absolute Gasteiger partial charge is 0.478 e. The lowest BCUT2D eigenvalue weighted by molar-refractivity contribution is -0.131. The van der Waals surface area contributed by atoms with Crippen LogP contribution in [-0.2, 0) is 4.79 Å². The summed E-state index contributed by atoms with van der Waals surface area (Å²) < 4.78 is 14.1. The maximum atomic E-state index is 14.1. The van der Waals surface area contributed by atoms with Crippen LogP contribution in [0.3, 0.4) is 0 Å². The fourth-order valence-electron chi connectivity index (χ4n) is 2.73. The third kappa shape index (κ3) is 3.38. The van der Waals surface area contributed by atoms with E-state index in [4.69, 9.17) is 5.11 Å². The third-order valence-corrected chi connectivity index (χ3v) is 3.93. The lowest BCUT2D eigenvalue weighted by Gasteiger charge is -2.34. The van der Waals surface area contributed by atoms with Gasteiger partial charge in [0, 0.05) is 24.7 Å². The van der Waals surface area contributed by atoms with Crippen LogP contribution >= 0.6 is 0 Å². The second-order valence-corrected chi connectivity index (χ2v) is 5.19. The molecule has 0 bridgehead atoms. The van der Waals surface area contributed by atoms with Crippen molar-refractivity contribution >= 4 is 17.7 Å². The van der Waals surface area contributed by atoms with Gasteiger partial charge in [0.25, 0.3) is 0 Å². The number of carboxylic acid groups (broad SMARTS) is 1. The van der Waals surface area contributed by atoms with Crippen molar-refractivity contribution in [2.45, 2.75) is 26.2 Å². The van der Waals surface area contributed by atoms with Crippen molar-refractivity contribution < 1.29 is 14.3 Å². The summed E-state index contributed by atoms with van der Waals surface area (Å²) in [5, 5.41) is 8.72. The summed E-state index contributed by atoms with van der Waals surface area (Å²) in [6.07, 6.45) is 5.81. The summed E-state index contributed by atoms with van der Waals surface area (Å²) in [5.74, 6) is -0.589. The van der Waals surface area contributed by atoms with Crippen LogP contribution in [0.4, 0.5) is 10.1 Å². The predicted octanol–water partition coefficient (Wildman–Crippen LogP) is 3.55. The number of carbonyl (C=O) groups is 1. The number of anilines is 1. The second kappa shape index (κ2) is 6.55. The molecule has 1 aliphatic rings. The summed E-state index contributed by atoms with van der Waals surface area (Å²) in [6.45, 7) is 3.84. The van der Waals surface area contributed by atoms with Crippen molar-refractivity contribution in [3.63, 3.8) is 0 Å². The number of benzene rings is 1. The molecule has 0 unspecified atom stereocenters. The molecule has 0 spiro atoms. The van der Waals surface area contributed by atoms with Gasteiger partial charge in [-0.05, 0) is 30.9 Å². The molecule has 1 aromatic rings. The number of hydrogen-bond donors (Lipinski definition) is 1. The van der Waals surface area contributed by atoms with Crippen molar-refractivity contribution in [1.82, 2.24) is 0 Å². The molecule has 4 heteroatoms. The zero-order valence-electron chi connectivity index (χ0n) is 11.7. The van der Waals surface area contributed by atoms with Crippen LogP contribution in [0.2, 0.25) is 0 Å². The zero-order chi connectivity index (χ0) is 14.5. The van der Waals surface area contributed by atoms with Crippen molar-refractivity contribution in [3.8, 4) is 0 Å². The van der Waals surface area contributed by atoms with Crippen LogP contribution in [0.1, 0.15) is 31.7 Å². The molecule has 1 fully saturated rings. The molecule has 1 N–H and O–H groups in total. The van der Waals surface area contributed by atoms with Crippen LogP contribution in [0, 0.1) is 11.7 Å². The molecule has 3 nitrogen and oxygen atoms in total. The molecular formula is C16H20FNO2. The lowest BCUT2D eigenvalue weighted by Crippen LogP contribution is -2.34. The molecule has 108 valence electrons. The van der Waals surface area contributed by atoms with Gasteiger partial charge in [-0.3, -0.25) is 0 Å². The van der Waals surface area contributed by atoms with Gasteiger partial charge in [0.05, 0.1) is 5.69 Å². The first kappa shape index (κ1) is 14.6. The number of para-hydroxylation sites is 1. The Labute approximate surface area is 118 Å². The molecule has 0 radical (unpaired) electrons. The maximum absolute atomic E-state index is 14.1. The standard InChI is InChI=1S/C16H20FNO2/c1-2-12-8-10-18(11-9-12)16-13(6-7-15(19)20)4-3-5-14(16)17/h3-7,12H,2,8-11H2,1H3,(H,19,20)/b7-6+. The van der Waals surface area contributed by atoms with Gasteiger partial charge in [-0.1, -0.05) is 25.5 Å². The Balaban J connectivity index is 2.24. The fourth-order valence-corrected chi connectivity index (χ4v) is 2.73. The fraction of sp³-hybridized carbons (Fsp3) is 0.438. The highest BCUT2D eigenvalue weighted by atomic mass is 19.1. The lowest BCUT2D eigenvalue weighted by atomic mass is 9.93. The summed E-state index contributed by atoms with van der Waals surface area (Å²) in [6, 6.07) is 4.79. The Bertz CT molecular complexity index is 505. The summed E-state index contributed by atoms with van der Waals surface area (Å²) in [5.41, 5.74) is 1.15. The van der Waals surface area contributed by atoms with E-state index in [1.165, 1.54) is 12.1 Å². The number of piperidine rings is 1. The van der Waals surface area contributed by atoms with Gasteiger partial charge in [-0.15, -0.1) is 0 Å². The molecule has 0 aromatic heterocycles. The minimum atomic E-state index is -1.02. The first-order valence-electron chi connectivity index (χ1n) is 7.06. The molecule has 20 heavy (non-hydrogen) atoms. The molecule has 1 aromatic carbocycles. The van der Waals surface area contributed by atoms with Gasteiger partial charge < -0.3 is 10.0 Å². The predicted molar refractivity (Wildman–Crippen MR) is 78.3 cm³/mol. The average Bonchev–Trinajstić information content (AvgIpc) is 2.45. The van der Waals surface area contributed by atoms with Crippen molar-refractivity contribution in [1.29, 1.82) is 0 Å². The van der Waals surface area contributed by atoms with Gasteiger partial charge in [0.15, 0.2) is 0 Å². The Morgan fingerprint density at radius 1 is 1.45 bits per heavy atom. The van der Waals surface area contributed by atoms with E-state index >= 15 is 0 Å². The first-order chi connectivity index (χ1) is 9.61. The van der Waals surface area contributed by atoms with E-state index in [0.717, 1.165) is 44.3 Å². The average molecular weight is 277 g/mol. The highest BCUT2D eigenvalue weighted by Gasteiger charge is 2.21. The highest BCUT2D eigenvalue weighted by Crippen LogP contribution is 2.30. The van der Waals surface area contributed by atoms with Gasteiger partial charge in [-0.2, -0.15) is 0 Å². The van der Waals surface area contributed by atoms with Crippen LogP contribution < -0.4 is 4.90 Å². The first-order valence-corrected chi connectivity index (χ1v) is 7.06.